The Labute approximate surface area is 150 Å². The monoisotopic (exact) mass is 367 g/mol. The molecule has 132 valence electrons. The number of thioether (sulfide) groups is 1. The van der Waals surface area contributed by atoms with E-state index < -0.39 is 0 Å². The quantitative estimate of drug-likeness (QED) is 0.573. The van der Waals surface area contributed by atoms with Crippen molar-refractivity contribution < 1.29 is 4.79 Å². The Morgan fingerprint density at radius 3 is 2.71 bits per heavy atom. The molecule has 1 amide bonds. The predicted molar refractivity (Wildman–Crippen MR) is 102 cm³/mol. The highest BCUT2D eigenvalue weighted by molar-refractivity contribution is 7.99. The summed E-state index contributed by atoms with van der Waals surface area (Å²) in [5.41, 5.74) is 1.04. The zero-order valence-electron chi connectivity index (χ0n) is 14.8. The van der Waals surface area contributed by atoms with Crippen LogP contribution in [-0.4, -0.2) is 27.8 Å². The number of nitrogens with zero attached hydrogens (tertiary/aromatic N) is 2. The standard InChI is InChI=1S/C17H25N3O2S2/c1-5-7-9-20-16(22)14-11(3)12(4)24-15(14)19-17(20)23-10-13(21)18-8-6-2/h5-10H2,1-4H3,(H,18,21). The number of rotatable bonds is 8. The fourth-order valence-corrected chi connectivity index (χ4v) is 4.30. The van der Waals surface area contributed by atoms with Crippen LogP contribution >= 0.6 is 23.1 Å². The van der Waals surface area contributed by atoms with Gasteiger partial charge in [0.15, 0.2) is 5.16 Å². The van der Waals surface area contributed by atoms with Gasteiger partial charge in [-0.05, 0) is 32.3 Å². The molecular formula is C17H25N3O2S2. The van der Waals surface area contributed by atoms with Crippen LogP contribution < -0.4 is 10.9 Å². The number of amides is 1. The lowest BCUT2D eigenvalue weighted by Crippen LogP contribution is -2.27. The van der Waals surface area contributed by atoms with Gasteiger partial charge in [-0.15, -0.1) is 11.3 Å². The normalized spacial score (nSPS) is 11.2. The van der Waals surface area contributed by atoms with E-state index in [2.05, 4.69) is 17.2 Å². The van der Waals surface area contributed by atoms with Crippen LogP contribution in [0.5, 0.6) is 0 Å². The highest BCUT2D eigenvalue weighted by atomic mass is 32.2. The van der Waals surface area contributed by atoms with Crippen molar-refractivity contribution in [1.82, 2.24) is 14.9 Å². The summed E-state index contributed by atoms with van der Waals surface area (Å²) >= 11 is 2.90. The first-order valence-electron chi connectivity index (χ1n) is 8.39. The maximum absolute atomic E-state index is 12.9. The van der Waals surface area contributed by atoms with E-state index in [0.29, 0.717) is 18.2 Å². The van der Waals surface area contributed by atoms with Gasteiger partial charge >= 0.3 is 0 Å². The molecule has 2 heterocycles. The van der Waals surface area contributed by atoms with E-state index in [1.807, 2.05) is 20.8 Å². The molecule has 0 aliphatic rings. The van der Waals surface area contributed by atoms with Gasteiger partial charge < -0.3 is 5.32 Å². The van der Waals surface area contributed by atoms with Gasteiger partial charge in [-0.25, -0.2) is 4.98 Å². The number of thiophene rings is 1. The summed E-state index contributed by atoms with van der Waals surface area (Å²) in [4.78, 5) is 31.4. The average Bonchev–Trinajstić information content (AvgIpc) is 2.84. The van der Waals surface area contributed by atoms with E-state index in [9.17, 15) is 9.59 Å². The van der Waals surface area contributed by atoms with Crippen molar-refractivity contribution >= 4 is 39.2 Å². The van der Waals surface area contributed by atoms with Crippen molar-refractivity contribution in [2.75, 3.05) is 12.3 Å². The number of unbranched alkanes of at least 4 members (excludes halogenated alkanes) is 1. The molecule has 0 aliphatic carbocycles. The van der Waals surface area contributed by atoms with E-state index in [1.165, 1.54) is 11.8 Å². The number of aromatic nitrogens is 2. The molecule has 0 unspecified atom stereocenters. The first-order valence-corrected chi connectivity index (χ1v) is 10.2. The molecule has 0 fully saturated rings. The molecule has 2 aromatic rings. The van der Waals surface area contributed by atoms with Crippen LogP contribution in [0.15, 0.2) is 9.95 Å². The van der Waals surface area contributed by atoms with Crippen molar-refractivity contribution in [2.24, 2.45) is 0 Å². The third-order valence-corrected chi connectivity index (χ3v) is 5.97. The largest absolute Gasteiger partial charge is 0.355 e. The van der Waals surface area contributed by atoms with Gasteiger partial charge in [0, 0.05) is 18.0 Å². The molecule has 7 heteroatoms. The lowest BCUT2D eigenvalue weighted by atomic mass is 10.2. The second-order valence-electron chi connectivity index (χ2n) is 5.81. The van der Waals surface area contributed by atoms with Crippen molar-refractivity contribution in [3.05, 3.63) is 20.8 Å². The molecule has 2 rings (SSSR count). The predicted octanol–water partition coefficient (Wildman–Crippen LogP) is 3.49. The molecule has 1 N–H and O–H groups in total. The van der Waals surface area contributed by atoms with E-state index in [4.69, 9.17) is 0 Å². The van der Waals surface area contributed by atoms with E-state index in [0.717, 1.165) is 39.9 Å². The number of hydrogen-bond donors (Lipinski definition) is 1. The van der Waals surface area contributed by atoms with Gasteiger partial charge in [0.05, 0.1) is 11.1 Å². The van der Waals surface area contributed by atoms with E-state index >= 15 is 0 Å². The summed E-state index contributed by atoms with van der Waals surface area (Å²) in [6.07, 6.45) is 2.84. The number of aryl methyl sites for hydroxylation is 2. The molecule has 0 saturated carbocycles. The highest BCUT2D eigenvalue weighted by Gasteiger charge is 2.17. The summed E-state index contributed by atoms with van der Waals surface area (Å²) in [7, 11) is 0. The molecular weight excluding hydrogens is 342 g/mol. The lowest BCUT2D eigenvalue weighted by molar-refractivity contribution is -0.118. The first-order chi connectivity index (χ1) is 11.5. The Bertz CT molecular complexity index is 780. The second kappa shape index (κ2) is 8.67. The molecule has 0 bridgehead atoms. The number of hydrogen-bond acceptors (Lipinski definition) is 5. The fourth-order valence-electron chi connectivity index (χ4n) is 2.38. The van der Waals surface area contributed by atoms with Gasteiger partial charge in [-0.2, -0.15) is 0 Å². The van der Waals surface area contributed by atoms with Crippen LogP contribution in [0.1, 0.15) is 43.6 Å². The number of nitrogens with one attached hydrogen (secondary N) is 1. The Hall–Kier alpha value is -1.34. The summed E-state index contributed by atoms with van der Waals surface area (Å²) in [5, 5.41) is 4.23. The topological polar surface area (TPSA) is 64.0 Å². The summed E-state index contributed by atoms with van der Waals surface area (Å²) < 4.78 is 1.74. The SMILES string of the molecule is CCCCn1c(SCC(=O)NCCC)nc2sc(C)c(C)c2c1=O. The summed E-state index contributed by atoms with van der Waals surface area (Å²) in [5.74, 6) is 0.268. The Morgan fingerprint density at radius 1 is 1.29 bits per heavy atom. The second-order valence-corrected chi connectivity index (χ2v) is 7.95. The van der Waals surface area contributed by atoms with Gasteiger partial charge in [0.2, 0.25) is 5.91 Å². The number of carbonyl (C=O) groups is 1. The van der Waals surface area contributed by atoms with Crippen LogP contribution in [0, 0.1) is 13.8 Å². The van der Waals surface area contributed by atoms with Crippen molar-refractivity contribution in [1.29, 1.82) is 0 Å². The number of fused-ring (bicyclic) bond motifs is 1. The Morgan fingerprint density at radius 2 is 2.04 bits per heavy atom. The van der Waals surface area contributed by atoms with E-state index in [-0.39, 0.29) is 17.2 Å². The summed E-state index contributed by atoms with van der Waals surface area (Å²) in [6, 6.07) is 0. The van der Waals surface area contributed by atoms with Crippen LogP contribution in [0.25, 0.3) is 10.2 Å². The molecule has 0 spiro atoms. The third-order valence-electron chi connectivity index (χ3n) is 3.89. The molecule has 24 heavy (non-hydrogen) atoms. The third kappa shape index (κ3) is 4.19. The summed E-state index contributed by atoms with van der Waals surface area (Å²) in [6.45, 7) is 9.44. The molecule has 0 aromatic carbocycles. The highest BCUT2D eigenvalue weighted by Crippen LogP contribution is 2.28. The minimum atomic E-state index is -0.0169. The number of carbonyl (C=O) groups excluding carboxylic acids is 1. The van der Waals surface area contributed by atoms with Gasteiger partial charge in [0.25, 0.3) is 5.56 Å². The molecule has 0 saturated heterocycles. The molecule has 2 aromatic heterocycles. The minimum Gasteiger partial charge on any atom is -0.355 e. The van der Waals surface area contributed by atoms with Gasteiger partial charge in [-0.1, -0.05) is 32.0 Å². The molecule has 5 nitrogen and oxygen atoms in total. The molecule has 0 aliphatic heterocycles. The average molecular weight is 368 g/mol. The fraction of sp³-hybridized carbons (Fsp3) is 0.588. The van der Waals surface area contributed by atoms with E-state index in [1.54, 1.807) is 15.9 Å². The van der Waals surface area contributed by atoms with Gasteiger partial charge in [-0.3, -0.25) is 14.2 Å². The van der Waals surface area contributed by atoms with Crippen molar-refractivity contribution in [2.45, 2.75) is 58.7 Å². The van der Waals surface area contributed by atoms with Gasteiger partial charge in [0.1, 0.15) is 4.83 Å². The first kappa shape index (κ1) is 19.0. The van der Waals surface area contributed by atoms with Crippen molar-refractivity contribution in [3.63, 3.8) is 0 Å². The Kier molecular flexibility index (Phi) is 6.86. The van der Waals surface area contributed by atoms with Crippen molar-refractivity contribution in [3.8, 4) is 0 Å². The maximum Gasteiger partial charge on any atom is 0.263 e. The maximum atomic E-state index is 12.9. The van der Waals surface area contributed by atoms with Crippen LogP contribution in [-0.2, 0) is 11.3 Å². The van der Waals surface area contributed by atoms with Crippen LogP contribution in [0.3, 0.4) is 0 Å². The lowest BCUT2D eigenvalue weighted by Gasteiger charge is -2.11. The molecule has 0 atom stereocenters. The zero-order chi connectivity index (χ0) is 17.7. The Balaban J connectivity index is 2.36. The molecule has 0 radical (unpaired) electrons. The van der Waals surface area contributed by atoms with Crippen LogP contribution in [0.2, 0.25) is 0 Å². The van der Waals surface area contributed by atoms with Crippen LogP contribution in [0.4, 0.5) is 0 Å². The zero-order valence-corrected chi connectivity index (χ0v) is 16.4. The minimum absolute atomic E-state index is 0.0169. The smallest absolute Gasteiger partial charge is 0.263 e.